The molecule has 0 aromatic heterocycles. The maximum atomic E-state index is 12.2. The molecule has 4 aliphatic carbocycles. The number of hydrogen-bond acceptors (Lipinski definition) is 2. The molecule has 0 bridgehead atoms. The van der Waals surface area contributed by atoms with Crippen LogP contribution in [0.15, 0.2) is 46.9 Å². The maximum absolute atomic E-state index is 12.2. The molecule has 0 spiro atoms. The molecule has 1 aromatic carbocycles. The van der Waals surface area contributed by atoms with Crippen LogP contribution < -0.4 is 0 Å². The molecular weight excluding hydrogens is 512 g/mol. The van der Waals surface area contributed by atoms with Gasteiger partial charge < -0.3 is 0 Å². The number of fused-ring (bicyclic) bond motifs is 5. The normalized spacial score (nSPS) is 37.5. The Morgan fingerprint density at radius 1 is 1.02 bits per heavy atom. The van der Waals surface area contributed by atoms with Crippen LogP contribution in [0, 0.1) is 59.2 Å². The molecule has 0 aliphatic heterocycles. The molecule has 3 nitrogen and oxygen atoms in total. The molecular formula is C36H54O3S. The Labute approximate surface area is 245 Å². The Morgan fingerprint density at radius 3 is 2.45 bits per heavy atom. The summed E-state index contributed by atoms with van der Waals surface area (Å²) in [5.74, 6) is 5.31. The SMILES string of the molecule is CC[C@H](C=C[C@@H](C)[C@H]1CCC2C3CC=C4C[C@@H](c5cc(C)ccc5S(=O)(=O)O)CC[C@]4(C)C3CC[C@@]21C)C(C)C. The molecule has 0 saturated heterocycles. The second-order valence-electron chi connectivity index (χ2n) is 15.0. The molecule has 5 rings (SSSR count). The van der Waals surface area contributed by atoms with E-state index in [1.807, 2.05) is 13.0 Å². The van der Waals surface area contributed by atoms with Crippen molar-refractivity contribution in [1.82, 2.24) is 0 Å². The number of hydrogen-bond donors (Lipinski definition) is 1. The third-order valence-electron chi connectivity index (χ3n) is 12.7. The van der Waals surface area contributed by atoms with E-state index in [0.29, 0.717) is 23.2 Å². The first-order valence-electron chi connectivity index (χ1n) is 16.3. The molecule has 0 heterocycles. The van der Waals surface area contributed by atoms with Gasteiger partial charge in [-0.05, 0) is 135 Å². The lowest BCUT2D eigenvalue weighted by atomic mass is 9.46. The summed E-state index contributed by atoms with van der Waals surface area (Å²) in [7, 11) is -4.23. The van der Waals surface area contributed by atoms with Gasteiger partial charge in [-0.25, -0.2) is 0 Å². The van der Waals surface area contributed by atoms with Crippen molar-refractivity contribution in [2.75, 3.05) is 0 Å². The van der Waals surface area contributed by atoms with Crippen LogP contribution in [0.2, 0.25) is 0 Å². The number of allylic oxidation sites excluding steroid dienone is 4. The zero-order valence-electron chi connectivity index (χ0n) is 26.1. The third-order valence-corrected chi connectivity index (χ3v) is 13.6. The Bertz CT molecular complexity index is 1260. The van der Waals surface area contributed by atoms with E-state index in [4.69, 9.17) is 0 Å². The highest BCUT2D eigenvalue weighted by atomic mass is 32.2. The molecule has 9 atom stereocenters. The smallest absolute Gasteiger partial charge is 0.282 e. The van der Waals surface area contributed by atoms with E-state index in [1.165, 1.54) is 38.5 Å². The summed E-state index contributed by atoms with van der Waals surface area (Å²) < 4.78 is 34.4. The standard InChI is InChI=1S/C36H54O3S/c1-8-26(23(2)3)11-10-25(5)31-14-15-32-29-13-12-28-22-27(30-21-24(4)9-16-34(30)40(37,38)39)17-19-35(28,6)33(29)18-20-36(31,32)7/h9-12,16,21,23,25-27,29,31-33H,8,13-15,17-20,22H2,1-7H3,(H,37,38,39)/t25-,26-,27+,29?,31-,32?,33?,35+,36-/m1/s1. The van der Waals surface area contributed by atoms with E-state index in [9.17, 15) is 13.0 Å². The summed E-state index contributed by atoms with van der Waals surface area (Å²) in [6.45, 7) is 16.7. The van der Waals surface area contributed by atoms with Gasteiger partial charge in [0, 0.05) is 0 Å². The fourth-order valence-electron chi connectivity index (χ4n) is 10.3. The van der Waals surface area contributed by atoms with E-state index in [1.54, 1.807) is 17.7 Å². The van der Waals surface area contributed by atoms with Crippen molar-refractivity contribution in [3.63, 3.8) is 0 Å². The maximum Gasteiger partial charge on any atom is 0.294 e. The third kappa shape index (κ3) is 5.19. The molecule has 3 unspecified atom stereocenters. The second kappa shape index (κ2) is 11.0. The molecule has 3 saturated carbocycles. The Kier molecular flexibility index (Phi) is 8.29. The summed E-state index contributed by atoms with van der Waals surface area (Å²) >= 11 is 0. The Balaban J connectivity index is 1.36. The quantitative estimate of drug-likeness (QED) is 0.264. The molecule has 222 valence electrons. The van der Waals surface area contributed by atoms with Crippen LogP contribution in [0.25, 0.3) is 0 Å². The fourth-order valence-corrected chi connectivity index (χ4v) is 11.1. The van der Waals surface area contributed by atoms with Crippen molar-refractivity contribution in [2.45, 2.75) is 117 Å². The molecule has 1 aromatic rings. The first kappa shape index (κ1) is 30.1. The van der Waals surface area contributed by atoms with Gasteiger partial charge in [-0.2, -0.15) is 8.42 Å². The van der Waals surface area contributed by atoms with Gasteiger partial charge in [-0.3, -0.25) is 4.55 Å². The van der Waals surface area contributed by atoms with Crippen LogP contribution in [-0.2, 0) is 10.1 Å². The van der Waals surface area contributed by atoms with Crippen LogP contribution in [0.4, 0.5) is 0 Å². The lowest BCUT2D eigenvalue weighted by Crippen LogP contribution is -2.50. The minimum atomic E-state index is -4.23. The minimum absolute atomic E-state index is 0.105. The van der Waals surface area contributed by atoms with E-state index in [2.05, 4.69) is 59.8 Å². The highest BCUT2D eigenvalue weighted by Crippen LogP contribution is 2.68. The number of benzene rings is 1. The van der Waals surface area contributed by atoms with E-state index in [0.717, 1.165) is 54.1 Å². The van der Waals surface area contributed by atoms with Crippen LogP contribution >= 0.6 is 0 Å². The summed E-state index contributed by atoms with van der Waals surface area (Å²) in [4.78, 5) is 0.105. The van der Waals surface area contributed by atoms with Crippen LogP contribution in [0.1, 0.15) is 116 Å². The van der Waals surface area contributed by atoms with E-state index in [-0.39, 0.29) is 16.2 Å². The summed E-state index contributed by atoms with van der Waals surface area (Å²) in [5.41, 5.74) is 4.08. The van der Waals surface area contributed by atoms with Gasteiger partial charge in [0.05, 0.1) is 4.90 Å². The number of aryl methyl sites for hydroxylation is 1. The average Bonchev–Trinajstić information content (AvgIpc) is 3.25. The molecule has 0 radical (unpaired) electrons. The zero-order chi connectivity index (χ0) is 29.0. The van der Waals surface area contributed by atoms with Gasteiger partial charge in [0.25, 0.3) is 10.1 Å². The Morgan fingerprint density at radius 2 is 1.77 bits per heavy atom. The molecule has 3 fully saturated rings. The predicted octanol–water partition coefficient (Wildman–Crippen LogP) is 9.78. The van der Waals surface area contributed by atoms with Crippen molar-refractivity contribution >= 4 is 10.1 Å². The largest absolute Gasteiger partial charge is 0.294 e. The minimum Gasteiger partial charge on any atom is -0.282 e. The average molecular weight is 567 g/mol. The van der Waals surface area contributed by atoms with Crippen molar-refractivity contribution in [1.29, 1.82) is 0 Å². The first-order chi connectivity index (χ1) is 18.8. The lowest BCUT2D eigenvalue weighted by Gasteiger charge is -2.58. The van der Waals surface area contributed by atoms with Crippen LogP contribution in [0.5, 0.6) is 0 Å². The van der Waals surface area contributed by atoms with Gasteiger partial charge in [0.15, 0.2) is 0 Å². The van der Waals surface area contributed by atoms with Crippen molar-refractivity contribution in [3.8, 4) is 0 Å². The molecule has 4 heteroatoms. The lowest BCUT2D eigenvalue weighted by molar-refractivity contribution is -0.0473. The van der Waals surface area contributed by atoms with E-state index >= 15 is 0 Å². The topological polar surface area (TPSA) is 54.4 Å². The van der Waals surface area contributed by atoms with Crippen molar-refractivity contribution < 1.29 is 13.0 Å². The molecule has 4 aliphatic rings. The molecule has 40 heavy (non-hydrogen) atoms. The van der Waals surface area contributed by atoms with E-state index < -0.39 is 10.1 Å². The summed E-state index contributed by atoms with van der Waals surface area (Å²) in [5, 5.41) is 0. The molecule has 0 amide bonds. The predicted molar refractivity (Wildman–Crippen MR) is 166 cm³/mol. The van der Waals surface area contributed by atoms with Gasteiger partial charge in [-0.15, -0.1) is 0 Å². The monoisotopic (exact) mass is 566 g/mol. The molecule has 1 N–H and O–H groups in total. The van der Waals surface area contributed by atoms with Crippen molar-refractivity contribution in [2.24, 2.45) is 52.3 Å². The van der Waals surface area contributed by atoms with Crippen LogP contribution in [0.3, 0.4) is 0 Å². The van der Waals surface area contributed by atoms with Crippen molar-refractivity contribution in [3.05, 3.63) is 53.1 Å². The Hall–Kier alpha value is -1.39. The van der Waals surface area contributed by atoms with Gasteiger partial charge in [-0.1, -0.05) is 83.0 Å². The zero-order valence-corrected chi connectivity index (χ0v) is 26.9. The van der Waals surface area contributed by atoms with Crippen LogP contribution in [-0.4, -0.2) is 13.0 Å². The summed E-state index contributed by atoms with van der Waals surface area (Å²) in [6, 6.07) is 5.38. The van der Waals surface area contributed by atoms with Gasteiger partial charge >= 0.3 is 0 Å². The summed E-state index contributed by atoms with van der Waals surface area (Å²) in [6.07, 6.45) is 18.6. The second-order valence-corrected chi connectivity index (χ2v) is 16.4. The fraction of sp³-hybridized carbons (Fsp3) is 0.722. The number of rotatable bonds is 7. The first-order valence-corrected chi connectivity index (χ1v) is 17.7. The highest BCUT2D eigenvalue weighted by Gasteiger charge is 2.59. The van der Waals surface area contributed by atoms with Gasteiger partial charge in [0.1, 0.15) is 0 Å². The highest BCUT2D eigenvalue weighted by molar-refractivity contribution is 7.85. The van der Waals surface area contributed by atoms with Gasteiger partial charge in [0.2, 0.25) is 0 Å².